The van der Waals surface area contributed by atoms with Crippen molar-refractivity contribution in [3.63, 3.8) is 0 Å². The minimum absolute atomic E-state index is 0.213. The van der Waals surface area contributed by atoms with E-state index in [2.05, 4.69) is 5.32 Å². The van der Waals surface area contributed by atoms with Gasteiger partial charge < -0.3 is 19.2 Å². The van der Waals surface area contributed by atoms with E-state index in [1.54, 1.807) is 50.6 Å². The van der Waals surface area contributed by atoms with Crippen molar-refractivity contribution in [3.8, 4) is 22.8 Å². The second-order valence-electron chi connectivity index (χ2n) is 5.74. The smallest absolute Gasteiger partial charge is 0.252 e. The Morgan fingerprint density at radius 2 is 1.81 bits per heavy atom. The number of aldehydes is 1. The van der Waals surface area contributed by atoms with Gasteiger partial charge in [0.05, 0.1) is 19.8 Å². The summed E-state index contributed by atoms with van der Waals surface area (Å²) in [4.78, 5) is 23.5. The molecule has 3 aromatic rings. The molecule has 0 spiro atoms. The Bertz CT molecular complexity index is 961. The molecule has 1 N–H and O–H groups in total. The van der Waals surface area contributed by atoms with Crippen LogP contribution in [0.25, 0.3) is 11.3 Å². The van der Waals surface area contributed by atoms with Gasteiger partial charge in [0.2, 0.25) is 0 Å². The first-order valence-corrected chi connectivity index (χ1v) is 8.29. The summed E-state index contributed by atoms with van der Waals surface area (Å²) in [5.74, 6) is 1.66. The van der Waals surface area contributed by atoms with Gasteiger partial charge in [-0.2, -0.15) is 0 Å². The maximum absolute atomic E-state index is 12.7. The Hall–Kier alpha value is -3.54. The van der Waals surface area contributed by atoms with Crippen molar-refractivity contribution < 1.29 is 23.5 Å². The molecule has 2 aromatic carbocycles. The quantitative estimate of drug-likeness (QED) is 0.646. The van der Waals surface area contributed by atoms with Crippen molar-refractivity contribution in [3.05, 3.63) is 71.5 Å². The molecule has 1 amide bonds. The third-order valence-corrected chi connectivity index (χ3v) is 4.08. The number of hydrogen-bond donors (Lipinski definition) is 1. The van der Waals surface area contributed by atoms with E-state index in [1.165, 1.54) is 0 Å². The Morgan fingerprint density at radius 3 is 2.52 bits per heavy atom. The summed E-state index contributed by atoms with van der Waals surface area (Å²) in [6.07, 6.45) is 0.628. The number of carbonyl (C=O) groups excluding carboxylic acids is 2. The molecule has 0 aliphatic carbocycles. The lowest BCUT2D eigenvalue weighted by molar-refractivity contribution is 0.0951. The molecule has 1 heterocycles. The highest BCUT2D eigenvalue weighted by Gasteiger charge is 2.15. The van der Waals surface area contributed by atoms with Crippen molar-refractivity contribution in [2.45, 2.75) is 6.54 Å². The van der Waals surface area contributed by atoms with Gasteiger partial charge in [0.1, 0.15) is 5.76 Å². The van der Waals surface area contributed by atoms with Gasteiger partial charge in [-0.05, 0) is 35.9 Å². The van der Waals surface area contributed by atoms with Gasteiger partial charge in [-0.15, -0.1) is 0 Å². The zero-order valence-corrected chi connectivity index (χ0v) is 15.0. The lowest BCUT2D eigenvalue weighted by atomic mass is 10.0. The molecule has 0 atom stereocenters. The summed E-state index contributed by atoms with van der Waals surface area (Å²) in [6.45, 7) is 0.325. The highest BCUT2D eigenvalue weighted by molar-refractivity contribution is 6.00. The second kappa shape index (κ2) is 8.23. The fraction of sp³-hybridized carbons (Fsp3) is 0.143. The second-order valence-corrected chi connectivity index (χ2v) is 5.74. The maximum Gasteiger partial charge on any atom is 0.252 e. The molecule has 0 aliphatic rings. The van der Waals surface area contributed by atoms with Crippen LogP contribution in [0.3, 0.4) is 0 Å². The third kappa shape index (κ3) is 4.00. The van der Waals surface area contributed by atoms with E-state index in [9.17, 15) is 9.59 Å². The van der Waals surface area contributed by atoms with E-state index < -0.39 is 0 Å². The molecule has 1 aromatic heterocycles. The van der Waals surface area contributed by atoms with Crippen molar-refractivity contribution in [1.29, 1.82) is 0 Å². The lowest BCUT2D eigenvalue weighted by Gasteiger charge is -2.11. The Morgan fingerprint density at radius 1 is 1.04 bits per heavy atom. The van der Waals surface area contributed by atoms with E-state index in [-0.39, 0.29) is 11.7 Å². The molecule has 3 rings (SSSR count). The van der Waals surface area contributed by atoms with Crippen molar-refractivity contribution in [1.82, 2.24) is 5.32 Å². The SMILES string of the molecule is COc1ccc(CNC(=O)c2ccccc2-c2ccc(C=O)o2)cc1OC. The van der Waals surface area contributed by atoms with Crippen LogP contribution in [0.2, 0.25) is 0 Å². The van der Waals surface area contributed by atoms with Crippen molar-refractivity contribution >= 4 is 12.2 Å². The lowest BCUT2D eigenvalue weighted by Crippen LogP contribution is -2.23. The number of methoxy groups -OCH3 is 2. The molecular weight excluding hydrogens is 346 g/mol. The topological polar surface area (TPSA) is 77.8 Å². The van der Waals surface area contributed by atoms with Crippen LogP contribution in [0.5, 0.6) is 11.5 Å². The highest BCUT2D eigenvalue weighted by Crippen LogP contribution is 2.28. The summed E-state index contributed by atoms with van der Waals surface area (Å²) in [6, 6.07) is 15.8. The average Bonchev–Trinajstić information content (AvgIpc) is 3.21. The average molecular weight is 365 g/mol. The number of amides is 1. The van der Waals surface area contributed by atoms with E-state index >= 15 is 0 Å². The molecular formula is C21H19NO5. The number of benzene rings is 2. The molecule has 27 heavy (non-hydrogen) atoms. The van der Waals surface area contributed by atoms with Gasteiger partial charge in [0.25, 0.3) is 5.91 Å². The first-order chi connectivity index (χ1) is 13.2. The van der Waals surface area contributed by atoms with Gasteiger partial charge in [-0.25, -0.2) is 0 Å². The predicted octanol–water partition coefficient (Wildman–Crippen LogP) is 3.71. The minimum Gasteiger partial charge on any atom is -0.493 e. The third-order valence-electron chi connectivity index (χ3n) is 4.08. The summed E-state index contributed by atoms with van der Waals surface area (Å²) in [5, 5.41) is 2.89. The normalized spacial score (nSPS) is 10.3. The largest absolute Gasteiger partial charge is 0.493 e. The van der Waals surface area contributed by atoms with Crippen LogP contribution >= 0.6 is 0 Å². The molecule has 0 saturated carbocycles. The van der Waals surface area contributed by atoms with Crippen LogP contribution in [-0.2, 0) is 6.54 Å². The van der Waals surface area contributed by atoms with Gasteiger partial charge in [-0.3, -0.25) is 9.59 Å². The predicted molar refractivity (Wildman–Crippen MR) is 100 cm³/mol. The Labute approximate surface area is 156 Å². The standard InChI is InChI=1S/C21H19NO5/c1-25-19-9-7-14(11-20(19)26-2)12-22-21(24)17-6-4-3-5-16(17)18-10-8-15(13-23)27-18/h3-11,13H,12H2,1-2H3,(H,22,24). The number of nitrogens with one attached hydrogen (secondary N) is 1. The van der Waals surface area contributed by atoms with Crippen molar-refractivity contribution in [2.75, 3.05) is 14.2 Å². The van der Waals surface area contributed by atoms with Crippen LogP contribution in [0.15, 0.2) is 59.0 Å². The molecule has 0 aliphatic heterocycles. The van der Waals surface area contributed by atoms with Crippen LogP contribution < -0.4 is 14.8 Å². The number of carbonyl (C=O) groups is 2. The summed E-state index contributed by atoms with van der Waals surface area (Å²) in [7, 11) is 3.13. The molecule has 6 heteroatoms. The van der Waals surface area contributed by atoms with Crippen LogP contribution in [0, 0.1) is 0 Å². The van der Waals surface area contributed by atoms with Gasteiger partial charge in [0, 0.05) is 12.1 Å². The monoisotopic (exact) mass is 365 g/mol. The zero-order valence-electron chi connectivity index (χ0n) is 15.0. The Kier molecular flexibility index (Phi) is 5.56. The summed E-state index contributed by atoms with van der Waals surface area (Å²) >= 11 is 0. The van der Waals surface area contributed by atoms with E-state index in [0.717, 1.165) is 5.56 Å². The number of furan rings is 1. The van der Waals surface area contributed by atoms with Gasteiger partial charge in [0.15, 0.2) is 23.5 Å². The van der Waals surface area contributed by atoms with E-state index in [4.69, 9.17) is 13.9 Å². The highest BCUT2D eigenvalue weighted by atomic mass is 16.5. The molecule has 0 fully saturated rings. The minimum atomic E-state index is -0.246. The van der Waals surface area contributed by atoms with E-state index in [1.807, 2.05) is 18.2 Å². The molecule has 6 nitrogen and oxygen atoms in total. The molecule has 0 radical (unpaired) electrons. The number of rotatable bonds is 7. The number of ether oxygens (including phenoxy) is 2. The Balaban J connectivity index is 1.78. The molecule has 138 valence electrons. The zero-order chi connectivity index (χ0) is 19.2. The molecule has 0 unspecified atom stereocenters. The van der Waals surface area contributed by atoms with Crippen LogP contribution in [0.4, 0.5) is 0 Å². The van der Waals surface area contributed by atoms with Crippen LogP contribution in [0.1, 0.15) is 26.5 Å². The summed E-state index contributed by atoms with van der Waals surface area (Å²) in [5.41, 5.74) is 1.96. The van der Waals surface area contributed by atoms with Crippen LogP contribution in [-0.4, -0.2) is 26.4 Å². The summed E-state index contributed by atoms with van der Waals surface area (Å²) < 4.78 is 15.9. The maximum atomic E-state index is 12.7. The van der Waals surface area contributed by atoms with E-state index in [0.29, 0.717) is 41.2 Å². The molecule has 0 bridgehead atoms. The van der Waals surface area contributed by atoms with Crippen molar-refractivity contribution in [2.24, 2.45) is 0 Å². The number of hydrogen-bond acceptors (Lipinski definition) is 5. The first kappa shape index (κ1) is 18.3. The fourth-order valence-electron chi connectivity index (χ4n) is 2.73. The van der Waals surface area contributed by atoms with Gasteiger partial charge >= 0.3 is 0 Å². The van der Waals surface area contributed by atoms with Gasteiger partial charge in [-0.1, -0.05) is 24.3 Å². The molecule has 0 saturated heterocycles. The first-order valence-electron chi connectivity index (χ1n) is 8.29. The fourth-order valence-corrected chi connectivity index (χ4v) is 2.73.